The Morgan fingerprint density at radius 3 is 2.89 bits per heavy atom. The van der Waals surface area contributed by atoms with Gasteiger partial charge in [0.05, 0.1) is 16.8 Å². The predicted octanol–water partition coefficient (Wildman–Crippen LogP) is 4.73. The molecule has 3 rings (SSSR count). The number of benzene rings is 1. The smallest absolute Gasteiger partial charge is 0.134 e. The number of halogens is 1. The van der Waals surface area contributed by atoms with E-state index in [1.807, 2.05) is 6.07 Å². The van der Waals surface area contributed by atoms with E-state index in [0.29, 0.717) is 0 Å². The highest BCUT2D eigenvalue weighted by Gasteiger charge is 2.19. The fraction of sp³-hybridized carbons (Fsp3) is 0.333. The molecule has 0 radical (unpaired) electrons. The summed E-state index contributed by atoms with van der Waals surface area (Å²) in [7, 11) is 1.73. The van der Waals surface area contributed by atoms with Crippen LogP contribution in [0.4, 0.5) is 0 Å². The van der Waals surface area contributed by atoms with Crippen LogP contribution in [0, 0.1) is 0 Å². The van der Waals surface area contributed by atoms with Crippen LogP contribution in [0.25, 0.3) is 0 Å². The van der Waals surface area contributed by atoms with E-state index in [0.717, 1.165) is 5.75 Å². The molecule has 94 valence electrons. The number of thiophene rings is 1. The molecule has 0 aliphatic heterocycles. The second-order valence-electron chi connectivity index (χ2n) is 4.60. The first-order valence-electron chi connectivity index (χ1n) is 6.16. The molecule has 3 heteroatoms. The minimum atomic E-state index is 0.235. The van der Waals surface area contributed by atoms with Gasteiger partial charge in [0.15, 0.2) is 0 Å². The summed E-state index contributed by atoms with van der Waals surface area (Å²) in [5, 5.41) is 2.08. The summed E-state index contributed by atoms with van der Waals surface area (Å²) in [5.74, 6) is 0.974. The molecule has 0 bridgehead atoms. The first-order valence-corrected chi connectivity index (χ1v) is 7.96. The Kier molecular flexibility index (Phi) is 3.44. The van der Waals surface area contributed by atoms with Gasteiger partial charge in [-0.25, -0.2) is 0 Å². The molecule has 0 saturated carbocycles. The Hall–Kier alpha value is -0.800. The fourth-order valence-corrected chi connectivity index (χ4v) is 4.26. The molecule has 1 heterocycles. The molecule has 1 aromatic carbocycles. The summed E-state index contributed by atoms with van der Waals surface area (Å²) in [6.07, 6.45) is 3.77. The average Bonchev–Trinajstić information content (AvgIpc) is 3.05. The van der Waals surface area contributed by atoms with Crippen molar-refractivity contribution in [3.63, 3.8) is 0 Å². The standard InChI is InChI=1S/C15H15BrOS/c1-17-13-7-8-18-15(13)14(16)12-6-5-10-3-2-4-11(10)9-12/h5-9,14H,2-4H2,1H3. The quantitative estimate of drug-likeness (QED) is 0.742. The van der Waals surface area contributed by atoms with Gasteiger partial charge in [0.2, 0.25) is 0 Å². The summed E-state index contributed by atoms with van der Waals surface area (Å²) in [4.78, 5) is 1.48. The van der Waals surface area contributed by atoms with Crippen LogP contribution in [0.1, 0.15) is 32.8 Å². The first-order chi connectivity index (χ1) is 8.79. The van der Waals surface area contributed by atoms with Crippen LogP contribution in [0.5, 0.6) is 5.75 Å². The minimum Gasteiger partial charge on any atom is -0.496 e. The topological polar surface area (TPSA) is 9.23 Å². The van der Waals surface area contributed by atoms with E-state index >= 15 is 0 Å². The Balaban J connectivity index is 1.95. The number of hydrogen-bond donors (Lipinski definition) is 0. The van der Waals surface area contributed by atoms with Crippen LogP contribution >= 0.6 is 27.3 Å². The van der Waals surface area contributed by atoms with Crippen molar-refractivity contribution < 1.29 is 4.74 Å². The third-order valence-corrected chi connectivity index (χ3v) is 5.78. The Morgan fingerprint density at radius 1 is 1.22 bits per heavy atom. The van der Waals surface area contributed by atoms with Crippen LogP contribution < -0.4 is 4.74 Å². The molecule has 1 atom stereocenters. The van der Waals surface area contributed by atoms with Crippen LogP contribution in [-0.2, 0) is 12.8 Å². The van der Waals surface area contributed by atoms with Gasteiger partial charge in [0, 0.05) is 0 Å². The van der Waals surface area contributed by atoms with E-state index in [9.17, 15) is 0 Å². The molecule has 0 amide bonds. The van der Waals surface area contributed by atoms with Crippen molar-refractivity contribution in [2.24, 2.45) is 0 Å². The van der Waals surface area contributed by atoms with Gasteiger partial charge in [-0.3, -0.25) is 0 Å². The molecule has 18 heavy (non-hydrogen) atoms. The normalized spacial score (nSPS) is 15.4. The number of alkyl halides is 1. The highest BCUT2D eigenvalue weighted by atomic mass is 79.9. The van der Waals surface area contributed by atoms with Crippen molar-refractivity contribution in [3.05, 3.63) is 51.2 Å². The molecule has 2 aromatic rings. The molecule has 0 spiro atoms. The van der Waals surface area contributed by atoms with E-state index in [1.54, 1.807) is 18.4 Å². The number of methoxy groups -OCH3 is 1. The van der Waals surface area contributed by atoms with Gasteiger partial charge in [-0.05, 0) is 47.4 Å². The number of ether oxygens (including phenoxy) is 1. The Labute approximate surface area is 120 Å². The monoisotopic (exact) mass is 322 g/mol. The first kappa shape index (κ1) is 12.2. The van der Waals surface area contributed by atoms with Gasteiger partial charge < -0.3 is 4.74 Å². The van der Waals surface area contributed by atoms with Crippen molar-refractivity contribution in [1.29, 1.82) is 0 Å². The van der Waals surface area contributed by atoms with E-state index in [2.05, 4.69) is 39.5 Å². The summed E-state index contributed by atoms with van der Waals surface area (Å²) < 4.78 is 5.40. The van der Waals surface area contributed by atoms with Gasteiger partial charge in [-0.2, -0.15) is 0 Å². The Bertz CT molecular complexity index is 561. The third kappa shape index (κ3) is 2.10. The van der Waals surface area contributed by atoms with E-state index in [1.165, 1.54) is 40.8 Å². The lowest BCUT2D eigenvalue weighted by atomic mass is 10.0. The van der Waals surface area contributed by atoms with E-state index < -0.39 is 0 Å². The lowest BCUT2D eigenvalue weighted by Crippen LogP contribution is -1.95. The van der Waals surface area contributed by atoms with Crippen LogP contribution in [0.15, 0.2) is 29.6 Å². The zero-order valence-electron chi connectivity index (χ0n) is 10.3. The second-order valence-corrected chi connectivity index (χ2v) is 6.46. The molecule has 0 saturated heterocycles. The Morgan fingerprint density at radius 2 is 2.06 bits per heavy atom. The average molecular weight is 323 g/mol. The van der Waals surface area contributed by atoms with Gasteiger partial charge in [0.25, 0.3) is 0 Å². The van der Waals surface area contributed by atoms with Gasteiger partial charge in [-0.1, -0.05) is 34.1 Å². The summed E-state index contributed by atoms with van der Waals surface area (Å²) in [5.41, 5.74) is 4.38. The SMILES string of the molecule is COc1ccsc1C(Br)c1ccc2c(c1)CCC2. The highest BCUT2D eigenvalue weighted by molar-refractivity contribution is 9.09. The van der Waals surface area contributed by atoms with E-state index in [4.69, 9.17) is 4.74 Å². The predicted molar refractivity (Wildman–Crippen MR) is 80.1 cm³/mol. The number of rotatable bonds is 3. The molecule has 1 aromatic heterocycles. The number of fused-ring (bicyclic) bond motifs is 1. The van der Waals surface area contributed by atoms with Crippen molar-refractivity contribution in [3.8, 4) is 5.75 Å². The maximum absolute atomic E-state index is 5.40. The zero-order chi connectivity index (χ0) is 12.5. The van der Waals surface area contributed by atoms with Crippen LogP contribution in [0.3, 0.4) is 0 Å². The summed E-state index contributed by atoms with van der Waals surface area (Å²) >= 11 is 5.54. The highest BCUT2D eigenvalue weighted by Crippen LogP contribution is 2.41. The summed E-state index contributed by atoms with van der Waals surface area (Å²) in [6, 6.07) is 8.90. The van der Waals surface area contributed by atoms with Gasteiger partial charge in [-0.15, -0.1) is 11.3 Å². The van der Waals surface area contributed by atoms with Crippen molar-refractivity contribution in [1.82, 2.24) is 0 Å². The largest absolute Gasteiger partial charge is 0.496 e. The maximum Gasteiger partial charge on any atom is 0.134 e. The number of hydrogen-bond acceptors (Lipinski definition) is 2. The maximum atomic E-state index is 5.40. The lowest BCUT2D eigenvalue weighted by Gasteiger charge is -2.12. The molecule has 0 N–H and O–H groups in total. The summed E-state index contributed by atoms with van der Waals surface area (Å²) in [6.45, 7) is 0. The van der Waals surface area contributed by atoms with Crippen LogP contribution in [-0.4, -0.2) is 7.11 Å². The van der Waals surface area contributed by atoms with Crippen molar-refractivity contribution >= 4 is 27.3 Å². The molecule has 0 fully saturated rings. The third-order valence-electron chi connectivity index (χ3n) is 3.52. The fourth-order valence-electron chi connectivity index (χ4n) is 2.56. The van der Waals surface area contributed by atoms with Crippen molar-refractivity contribution in [2.75, 3.05) is 7.11 Å². The second kappa shape index (κ2) is 5.06. The molecule has 1 nitrogen and oxygen atoms in total. The molecule has 1 aliphatic carbocycles. The molecule has 1 aliphatic rings. The minimum absolute atomic E-state index is 0.235. The van der Waals surface area contributed by atoms with Gasteiger partial charge in [0.1, 0.15) is 5.75 Å². The molecule has 1 unspecified atom stereocenters. The van der Waals surface area contributed by atoms with E-state index in [-0.39, 0.29) is 4.83 Å². The van der Waals surface area contributed by atoms with Crippen LogP contribution in [0.2, 0.25) is 0 Å². The zero-order valence-corrected chi connectivity index (χ0v) is 12.7. The van der Waals surface area contributed by atoms with Gasteiger partial charge >= 0.3 is 0 Å². The molecular formula is C15H15BrOS. The molecular weight excluding hydrogens is 308 g/mol. The number of aryl methyl sites for hydroxylation is 2. The lowest BCUT2D eigenvalue weighted by molar-refractivity contribution is 0.413. The van der Waals surface area contributed by atoms with Crippen molar-refractivity contribution in [2.45, 2.75) is 24.1 Å².